The van der Waals surface area contributed by atoms with Gasteiger partial charge in [0.15, 0.2) is 0 Å². The number of hydrogen-bond donors (Lipinski definition) is 0. The first-order valence-electron chi connectivity index (χ1n) is 6.10. The van der Waals surface area contributed by atoms with Crippen molar-refractivity contribution in [1.29, 1.82) is 5.26 Å². The average Bonchev–Trinajstić information content (AvgIpc) is 2.44. The van der Waals surface area contributed by atoms with Gasteiger partial charge in [-0.3, -0.25) is 4.79 Å². The zero-order valence-corrected chi connectivity index (χ0v) is 11.0. The lowest BCUT2D eigenvalue weighted by molar-refractivity contribution is -0.145. The van der Waals surface area contributed by atoms with Crippen molar-refractivity contribution in [2.45, 2.75) is 13.3 Å². The number of carbonyl (C=O) groups is 1. The summed E-state index contributed by atoms with van der Waals surface area (Å²) in [5.41, 5.74) is 0.894. The Bertz CT molecular complexity index is 459. The molecule has 100 valence electrons. The molecule has 1 unspecified atom stereocenters. The number of hydrogen-bond acceptors (Lipinski definition) is 4. The molecule has 0 saturated heterocycles. The highest BCUT2D eigenvalue weighted by molar-refractivity contribution is 5.75. The first kappa shape index (κ1) is 14.8. The third-order valence-corrected chi connectivity index (χ3v) is 2.46. The van der Waals surface area contributed by atoms with Crippen molar-refractivity contribution in [3.8, 4) is 11.8 Å². The van der Waals surface area contributed by atoms with Gasteiger partial charge in [0.05, 0.1) is 12.7 Å². The van der Waals surface area contributed by atoms with Crippen molar-refractivity contribution in [3.63, 3.8) is 0 Å². The molecule has 0 aromatic heterocycles. The summed E-state index contributed by atoms with van der Waals surface area (Å²) in [7, 11) is 0. The average molecular weight is 259 g/mol. The second-order valence-electron chi connectivity index (χ2n) is 3.88. The van der Waals surface area contributed by atoms with Crippen LogP contribution < -0.4 is 4.74 Å². The monoisotopic (exact) mass is 259 g/mol. The van der Waals surface area contributed by atoms with Crippen molar-refractivity contribution < 1.29 is 14.3 Å². The molecule has 0 spiro atoms. The summed E-state index contributed by atoms with van der Waals surface area (Å²) in [6.45, 7) is 6.02. The Morgan fingerprint density at radius 1 is 1.47 bits per heavy atom. The molecule has 0 N–H and O–H groups in total. The van der Waals surface area contributed by atoms with Crippen LogP contribution in [0.4, 0.5) is 0 Å². The van der Waals surface area contributed by atoms with Crippen molar-refractivity contribution in [1.82, 2.24) is 0 Å². The van der Waals surface area contributed by atoms with Gasteiger partial charge in [-0.2, -0.15) is 5.26 Å². The van der Waals surface area contributed by atoms with Gasteiger partial charge >= 0.3 is 5.97 Å². The van der Waals surface area contributed by atoms with E-state index in [4.69, 9.17) is 14.7 Å². The van der Waals surface area contributed by atoms with Crippen LogP contribution in [0.2, 0.25) is 0 Å². The molecule has 1 rings (SSSR count). The quantitative estimate of drug-likeness (QED) is 0.557. The number of esters is 1. The van der Waals surface area contributed by atoms with Crippen LogP contribution in [0.3, 0.4) is 0 Å². The summed E-state index contributed by atoms with van der Waals surface area (Å²) >= 11 is 0. The van der Waals surface area contributed by atoms with E-state index < -0.39 is 11.9 Å². The first-order chi connectivity index (χ1) is 9.21. The highest BCUT2D eigenvalue weighted by Gasteiger charge is 2.19. The molecule has 1 aromatic carbocycles. The van der Waals surface area contributed by atoms with Gasteiger partial charge in [-0.15, -0.1) is 0 Å². The van der Waals surface area contributed by atoms with E-state index in [0.717, 1.165) is 11.3 Å². The number of nitrogens with zero attached hydrogens (tertiary/aromatic N) is 1. The number of carbonyl (C=O) groups excluding carboxylic acids is 1. The van der Waals surface area contributed by atoms with Gasteiger partial charge in [0.2, 0.25) is 0 Å². The largest absolute Gasteiger partial charge is 0.490 e. The van der Waals surface area contributed by atoms with Crippen LogP contribution in [0, 0.1) is 17.2 Å². The molecule has 4 nitrogen and oxygen atoms in total. The molecule has 1 aromatic rings. The van der Waals surface area contributed by atoms with Crippen LogP contribution in [-0.2, 0) is 16.0 Å². The van der Waals surface area contributed by atoms with Crippen LogP contribution in [0.1, 0.15) is 12.5 Å². The SMILES string of the molecule is C=CCOc1ccc(CC(C#N)C(=O)OCC)cc1. The molecule has 19 heavy (non-hydrogen) atoms. The molecule has 0 saturated carbocycles. The molecule has 4 heteroatoms. The van der Waals surface area contributed by atoms with Crippen LogP contribution in [0.5, 0.6) is 5.75 Å². The van der Waals surface area contributed by atoms with E-state index in [1.165, 1.54) is 0 Å². The Morgan fingerprint density at radius 3 is 2.68 bits per heavy atom. The minimum absolute atomic E-state index is 0.283. The second-order valence-corrected chi connectivity index (χ2v) is 3.88. The first-order valence-corrected chi connectivity index (χ1v) is 6.10. The van der Waals surface area contributed by atoms with E-state index in [0.29, 0.717) is 13.0 Å². The second kappa shape index (κ2) is 7.93. The summed E-state index contributed by atoms with van der Waals surface area (Å²) in [4.78, 5) is 11.5. The standard InChI is InChI=1S/C15H17NO3/c1-3-9-19-14-7-5-12(6-8-14)10-13(11-16)15(17)18-4-2/h3,5-8,13H,1,4,9-10H2,2H3. The third-order valence-electron chi connectivity index (χ3n) is 2.46. The van der Waals surface area contributed by atoms with Gasteiger partial charge in [0.25, 0.3) is 0 Å². The Kier molecular flexibility index (Phi) is 6.17. The molecule has 0 aliphatic carbocycles. The Balaban J connectivity index is 2.63. The number of rotatable bonds is 7. The van der Waals surface area contributed by atoms with Crippen LogP contribution in [0.25, 0.3) is 0 Å². The summed E-state index contributed by atoms with van der Waals surface area (Å²) in [6, 6.07) is 9.24. The number of ether oxygens (including phenoxy) is 2. The molecule has 0 aliphatic rings. The normalized spacial score (nSPS) is 11.2. The maximum absolute atomic E-state index is 11.5. The fraction of sp³-hybridized carbons (Fsp3) is 0.333. The van der Waals surface area contributed by atoms with Crippen molar-refractivity contribution in [2.24, 2.45) is 5.92 Å². The summed E-state index contributed by atoms with van der Waals surface area (Å²) in [5, 5.41) is 8.97. The van der Waals surface area contributed by atoms with Crippen molar-refractivity contribution in [2.75, 3.05) is 13.2 Å². The molecule has 0 radical (unpaired) electrons. The minimum atomic E-state index is -0.764. The molecular weight excluding hydrogens is 242 g/mol. The topological polar surface area (TPSA) is 59.3 Å². The smallest absolute Gasteiger partial charge is 0.323 e. The van der Waals surface area contributed by atoms with Gasteiger partial charge < -0.3 is 9.47 Å². The molecule has 0 heterocycles. The molecular formula is C15H17NO3. The van der Waals surface area contributed by atoms with Gasteiger partial charge in [-0.05, 0) is 31.0 Å². The van der Waals surface area contributed by atoms with E-state index in [-0.39, 0.29) is 6.61 Å². The molecule has 1 atom stereocenters. The van der Waals surface area contributed by atoms with Crippen molar-refractivity contribution >= 4 is 5.97 Å². The lowest BCUT2D eigenvalue weighted by atomic mass is 10.0. The maximum atomic E-state index is 11.5. The predicted molar refractivity (Wildman–Crippen MR) is 71.6 cm³/mol. The Hall–Kier alpha value is -2.28. The van der Waals surface area contributed by atoms with E-state index in [2.05, 4.69) is 6.58 Å². The number of benzene rings is 1. The van der Waals surface area contributed by atoms with E-state index >= 15 is 0 Å². The zero-order chi connectivity index (χ0) is 14.1. The van der Waals surface area contributed by atoms with E-state index in [1.54, 1.807) is 25.1 Å². The van der Waals surface area contributed by atoms with Gasteiger partial charge in [-0.1, -0.05) is 24.8 Å². The zero-order valence-electron chi connectivity index (χ0n) is 11.0. The van der Waals surface area contributed by atoms with Crippen LogP contribution in [0.15, 0.2) is 36.9 Å². The molecule has 0 bridgehead atoms. The molecule has 0 fully saturated rings. The lowest BCUT2D eigenvalue weighted by Crippen LogP contribution is -2.18. The van der Waals surface area contributed by atoms with Gasteiger partial charge in [0, 0.05) is 0 Å². The summed E-state index contributed by atoms with van der Waals surface area (Å²) < 4.78 is 10.2. The summed E-state index contributed by atoms with van der Waals surface area (Å²) in [6.07, 6.45) is 2.01. The van der Waals surface area contributed by atoms with Crippen LogP contribution in [-0.4, -0.2) is 19.2 Å². The molecule has 0 aliphatic heterocycles. The van der Waals surface area contributed by atoms with Crippen LogP contribution >= 0.6 is 0 Å². The fourth-order valence-electron chi connectivity index (χ4n) is 1.54. The fourth-order valence-corrected chi connectivity index (χ4v) is 1.54. The Labute approximate surface area is 113 Å². The maximum Gasteiger partial charge on any atom is 0.323 e. The lowest BCUT2D eigenvalue weighted by Gasteiger charge is -2.09. The van der Waals surface area contributed by atoms with E-state index in [1.807, 2.05) is 18.2 Å². The number of nitriles is 1. The third kappa shape index (κ3) is 4.84. The Morgan fingerprint density at radius 2 is 2.16 bits per heavy atom. The minimum Gasteiger partial charge on any atom is -0.490 e. The van der Waals surface area contributed by atoms with Gasteiger partial charge in [-0.25, -0.2) is 0 Å². The van der Waals surface area contributed by atoms with E-state index in [9.17, 15) is 4.79 Å². The predicted octanol–water partition coefficient (Wildman–Crippen LogP) is 2.50. The molecule has 0 amide bonds. The highest BCUT2D eigenvalue weighted by atomic mass is 16.5. The van der Waals surface area contributed by atoms with Crippen molar-refractivity contribution in [3.05, 3.63) is 42.5 Å². The summed E-state index contributed by atoms with van der Waals surface area (Å²) in [5.74, 6) is -0.509. The highest BCUT2D eigenvalue weighted by Crippen LogP contribution is 2.15. The van der Waals surface area contributed by atoms with Gasteiger partial charge in [0.1, 0.15) is 18.3 Å².